The highest BCUT2D eigenvalue weighted by Gasteiger charge is 2.41. The molecule has 2 nitrogen and oxygen atoms in total. The third-order valence-corrected chi connectivity index (χ3v) is 3.16. The van der Waals surface area contributed by atoms with Gasteiger partial charge in [0.15, 0.2) is 0 Å². The van der Waals surface area contributed by atoms with Gasteiger partial charge in [-0.3, -0.25) is 5.32 Å². The zero-order chi connectivity index (χ0) is 10.3. The van der Waals surface area contributed by atoms with E-state index in [1.54, 1.807) is 0 Å². The summed E-state index contributed by atoms with van der Waals surface area (Å²) >= 11 is 0. The fourth-order valence-corrected chi connectivity index (χ4v) is 2.40. The first-order valence-corrected chi connectivity index (χ1v) is 5.38. The van der Waals surface area contributed by atoms with Crippen LogP contribution in [-0.4, -0.2) is 23.1 Å². The summed E-state index contributed by atoms with van der Waals surface area (Å²) in [5.41, 5.74) is 0.309. The Hall–Kier alpha value is -0.760. The lowest BCUT2D eigenvalue weighted by Gasteiger charge is -2.33. The van der Waals surface area contributed by atoms with Crippen LogP contribution in [0.1, 0.15) is 27.7 Å². The number of hydrogen-bond donors (Lipinski definition) is 1. The van der Waals surface area contributed by atoms with Gasteiger partial charge in [-0.1, -0.05) is 32.9 Å². The number of hydrogen-bond acceptors (Lipinski definition) is 2. The minimum absolute atomic E-state index is 0.309. The summed E-state index contributed by atoms with van der Waals surface area (Å²) in [4.78, 5) is 2.40. The molecule has 1 saturated heterocycles. The standard InChI is InChI=1S/C12H20N2/c1-9-13-11(12(2,3)4)10-7-5-6-8-14(9)10/h5-11,13H,1-4H3. The second-order valence-electron chi connectivity index (χ2n) is 5.35. The van der Waals surface area contributed by atoms with Crippen molar-refractivity contribution in [2.45, 2.75) is 45.9 Å². The van der Waals surface area contributed by atoms with Crippen LogP contribution in [0.2, 0.25) is 0 Å². The summed E-state index contributed by atoms with van der Waals surface area (Å²) in [6.45, 7) is 9.12. The van der Waals surface area contributed by atoms with E-state index in [1.165, 1.54) is 0 Å². The maximum Gasteiger partial charge on any atom is 0.0771 e. The molecule has 14 heavy (non-hydrogen) atoms. The van der Waals surface area contributed by atoms with Gasteiger partial charge in [0, 0.05) is 12.2 Å². The summed E-state index contributed by atoms with van der Waals surface area (Å²) in [6, 6.07) is 1.06. The van der Waals surface area contributed by atoms with Gasteiger partial charge in [0.2, 0.25) is 0 Å². The molecule has 0 aromatic rings. The molecule has 1 fully saturated rings. The van der Waals surface area contributed by atoms with Crippen molar-refractivity contribution in [3.8, 4) is 0 Å². The van der Waals surface area contributed by atoms with Gasteiger partial charge >= 0.3 is 0 Å². The first kappa shape index (κ1) is 9.78. The van der Waals surface area contributed by atoms with Gasteiger partial charge in [0.25, 0.3) is 0 Å². The Kier molecular flexibility index (Phi) is 2.18. The molecule has 0 saturated carbocycles. The first-order valence-electron chi connectivity index (χ1n) is 5.38. The van der Waals surface area contributed by atoms with Crippen LogP contribution in [0.3, 0.4) is 0 Å². The second kappa shape index (κ2) is 3.13. The van der Waals surface area contributed by atoms with Crippen LogP contribution < -0.4 is 5.32 Å². The molecule has 0 radical (unpaired) electrons. The Balaban J connectivity index is 2.24. The van der Waals surface area contributed by atoms with Gasteiger partial charge < -0.3 is 4.90 Å². The molecule has 2 rings (SSSR count). The van der Waals surface area contributed by atoms with Crippen LogP contribution in [-0.2, 0) is 0 Å². The van der Waals surface area contributed by atoms with E-state index >= 15 is 0 Å². The van der Waals surface area contributed by atoms with E-state index in [0.717, 1.165) is 0 Å². The van der Waals surface area contributed by atoms with Crippen molar-refractivity contribution in [3.63, 3.8) is 0 Å². The molecule has 78 valence electrons. The van der Waals surface area contributed by atoms with Gasteiger partial charge in [-0.05, 0) is 18.4 Å². The van der Waals surface area contributed by atoms with Crippen molar-refractivity contribution < 1.29 is 0 Å². The number of allylic oxidation sites excluding steroid dienone is 2. The van der Waals surface area contributed by atoms with Crippen LogP contribution in [0.25, 0.3) is 0 Å². The highest BCUT2D eigenvalue weighted by atomic mass is 15.4. The average Bonchev–Trinajstić information content (AvgIpc) is 2.44. The number of fused-ring (bicyclic) bond motifs is 1. The summed E-state index contributed by atoms with van der Waals surface area (Å²) in [7, 11) is 0. The maximum absolute atomic E-state index is 3.66. The van der Waals surface area contributed by atoms with Crippen molar-refractivity contribution in [1.82, 2.24) is 10.2 Å². The molecule has 2 aliphatic rings. The van der Waals surface area contributed by atoms with Crippen LogP contribution in [0.4, 0.5) is 0 Å². The summed E-state index contributed by atoms with van der Waals surface area (Å²) < 4.78 is 0. The fraction of sp³-hybridized carbons (Fsp3) is 0.667. The molecule has 2 heteroatoms. The van der Waals surface area contributed by atoms with Gasteiger partial charge in [0.05, 0.1) is 12.2 Å². The van der Waals surface area contributed by atoms with Gasteiger partial charge in [-0.2, -0.15) is 0 Å². The molecule has 3 atom stereocenters. The van der Waals surface area contributed by atoms with Crippen molar-refractivity contribution in [2.24, 2.45) is 5.41 Å². The molecule has 0 spiro atoms. The molecule has 2 heterocycles. The fourth-order valence-electron chi connectivity index (χ4n) is 2.40. The third-order valence-electron chi connectivity index (χ3n) is 3.16. The van der Waals surface area contributed by atoms with E-state index in [9.17, 15) is 0 Å². The Bertz CT molecular complexity index is 273. The minimum Gasteiger partial charge on any atom is -0.354 e. The van der Waals surface area contributed by atoms with Crippen LogP contribution in [0, 0.1) is 5.41 Å². The van der Waals surface area contributed by atoms with Gasteiger partial charge in [0.1, 0.15) is 0 Å². The molecule has 0 bridgehead atoms. The Morgan fingerprint density at radius 2 is 1.93 bits per heavy atom. The molecule has 0 aliphatic carbocycles. The molecule has 1 N–H and O–H groups in total. The van der Waals surface area contributed by atoms with Crippen molar-refractivity contribution in [1.29, 1.82) is 0 Å². The Morgan fingerprint density at radius 3 is 2.57 bits per heavy atom. The zero-order valence-electron chi connectivity index (χ0n) is 9.49. The van der Waals surface area contributed by atoms with Crippen molar-refractivity contribution >= 4 is 0 Å². The predicted octanol–water partition coefficient (Wildman–Crippen LogP) is 2.10. The molecular weight excluding hydrogens is 172 g/mol. The van der Waals surface area contributed by atoms with Gasteiger partial charge in [-0.25, -0.2) is 0 Å². The highest BCUT2D eigenvalue weighted by Crippen LogP contribution is 2.32. The summed E-state index contributed by atoms with van der Waals surface area (Å²) in [6.07, 6.45) is 9.20. The second-order valence-corrected chi connectivity index (χ2v) is 5.35. The molecule has 0 aromatic heterocycles. The lowest BCUT2D eigenvalue weighted by Crippen LogP contribution is -2.43. The van der Waals surface area contributed by atoms with Crippen molar-refractivity contribution in [2.75, 3.05) is 0 Å². The quantitative estimate of drug-likeness (QED) is 0.632. The summed E-state index contributed by atoms with van der Waals surface area (Å²) in [5.74, 6) is 0. The molecule has 2 aliphatic heterocycles. The van der Waals surface area contributed by atoms with Crippen LogP contribution >= 0.6 is 0 Å². The van der Waals surface area contributed by atoms with E-state index in [4.69, 9.17) is 0 Å². The minimum atomic E-state index is 0.309. The maximum atomic E-state index is 3.66. The van der Waals surface area contributed by atoms with E-state index in [2.05, 4.69) is 62.3 Å². The number of nitrogens with one attached hydrogen (secondary N) is 1. The third kappa shape index (κ3) is 1.48. The SMILES string of the molecule is CC1NC(C(C)(C)C)C2C=CC=CN12. The largest absolute Gasteiger partial charge is 0.354 e. The smallest absolute Gasteiger partial charge is 0.0771 e. The molecule has 3 unspecified atom stereocenters. The lowest BCUT2D eigenvalue weighted by atomic mass is 9.82. The lowest BCUT2D eigenvalue weighted by molar-refractivity contribution is 0.258. The van der Waals surface area contributed by atoms with E-state index in [0.29, 0.717) is 23.7 Å². The van der Waals surface area contributed by atoms with Crippen LogP contribution in [0.15, 0.2) is 24.4 Å². The predicted molar refractivity (Wildman–Crippen MR) is 59.7 cm³/mol. The molecule has 0 aromatic carbocycles. The first-order chi connectivity index (χ1) is 6.50. The number of rotatable bonds is 0. The van der Waals surface area contributed by atoms with Gasteiger partial charge in [-0.15, -0.1) is 0 Å². The normalized spacial score (nSPS) is 36.3. The zero-order valence-corrected chi connectivity index (χ0v) is 9.49. The molecule has 0 amide bonds. The number of nitrogens with zero attached hydrogens (tertiary/aromatic N) is 1. The Morgan fingerprint density at radius 1 is 1.21 bits per heavy atom. The topological polar surface area (TPSA) is 15.3 Å². The molecular formula is C12H20N2. The highest BCUT2D eigenvalue weighted by molar-refractivity contribution is 5.20. The van der Waals surface area contributed by atoms with Crippen LogP contribution in [0.5, 0.6) is 0 Å². The van der Waals surface area contributed by atoms with Crippen molar-refractivity contribution in [3.05, 3.63) is 24.4 Å². The van der Waals surface area contributed by atoms with E-state index < -0.39 is 0 Å². The van der Waals surface area contributed by atoms with E-state index in [-0.39, 0.29) is 0 Å². The summed E-state index contributed by atoms with van der Waals surface area (Å²) in [5, 5.41) is 3.66. The van der Waals surface area contributed by atoms with E-state index in [1.807, 2.05) is 0 Å². The average molecular weight is 192 g/mol. The Labute approximate surface area is 86.7 Å². The monoisotopic (exact) mass is 192 g/mol.